The number of hydrogen-bond donors (Lipinski definition) is 1. The van der Waals surface area contributed by atoms with Gasteiger partial charge in [0, 0.05) is 32.1 Å². The van der Waals surface area contributed by atoms with Gasteiger partial charge in [0.1, 0.15) is 0 Å². The van der Waals surface area contributed by atoms with Gasteiger partial charge in [0.15, 0.2) is 0 Å². The summed E-state index contributed by atoms with van der Waals surface area (Å²) < 4.78 is 5.33. The third kappa shape index (κ3) is 3.95. The van der Waals surface area contributed by atoms with Gasteiger partial charge in [-0.25, -0.2) is 4.79 Å². The van der Waals surface area contributed by atoms with Gasteiger partial charge < -0.3 is 19.9 Å². The molecule has 1 aromatic carbocycles. The molecule has 1 atom stereocenters. The van der Waals surface area contributed by atoms with Crippen LogP contribution < -0.4 is 5.32 Å². The molecule has 0 spiro atoms. The first-order chi connectivity index (χ1) is 13.1. The minimum absolute atomic E-state index is 0.00527. The molecular formula is C21H29N3O3. The van der Waals surface area contributed by atoms with E-state index in [-0.39, 0.29) is 23.9 Å². The standard InChI is InChI=1S/C21H29N3O3/c1-15-2-4-18-17(14-15)3-5-19(18)22-21(26)24-8-6-16(7-9-24)20(25)23-10-12-27-13-11-23/h2,4,14,16,19H,3,5-13H2,1H3,(H,22,26). The van der Waals surface area contributed by atoms with E-state index in [2.05, 4.69) is 30.4 Å². The minimum Gasteiger partial charge on any atom is -0.378 e. The summed E-state index contributed by atoms with van der Waals surface area (Å²) in [7, 11) is 0. The Morgan fingerprint density at radius 3 is 2.52 bits per heavy atom. The number of rotatable bonds is 2. The first-order valence-electron chi connectivity index (χ1n) is 10.1. The van der Waals surface area contributed by atoms with E-state index < -0.39 is 0 Å². The summed E-state index contributed by atoms with van der Waals surface area (Å²) in [5, 5.41) is 3.21. The Balaban J connectivity index is 1.29. The number of piperidine rings is 1. The van der Waals surface area contributed by atoms with E-state index in [1.54, 1.807) is 0 Å². The predicted molar refractivity (Wildman–Crippen MR) is 102 cm³/mol. The quantitative estimate of drug-likeness (QED) is 0.867. The fourth-order valence-electron chi connectivity index (χ4n) is 4.51. The van der Waals surface area contributed by atoms with Crippen LogP contribution in [0.25, 0.3) is 0 Å². The van der Waals surface area contributed by atoms with Crippen LogP contribution in [0.15, 0.2) is 18.2 Å². The van der Waals surface area contributed by atoms with Crippen LogP contribution in [0.4, 0.5) is 4.79 Å². The number of carbonyl (C=O) groups excluding carboxylic acids is 2. The highest BCUT2D eigenvalue weighted by Crippen LogP contribution is 2.32. The summed E-state index contributed by atoms with van der Waals surface area (Å²) in [6, 6.07) is 6.61. The van der Waals surface area contributed by atoms with Crippen molar-refractivity contribution in [3.8, 4) is 0 Å². The number of aryl methyl sites for hydroxylation is 2. The molecular weight excluding hydrogens is 342 g/mol. The first-order valence-corrected chi connectivity index (χ1v) is 10.1. The number of morpholine rings is 1. The summed E-state index contributed by atoms with van der Waals surface area (Å²) in [5.41, 5.74) is 3.88. The predicted octanol–water partition coefficient (Wildman–Crippen LogP) is 2.26. The van der Waals surface area contributed by atoms with Crippen molar-refractivity contribution < 1.29 is 14.3 Å². The monoisotopic (exact) mass is 371 g/mol. The van der Waals surface area contributed by atoms with Gasteiger partial charge in [0.2, 0.25) is 5.91 Å². The maximum atomic E-state index is 12.7. The van der Waals surface area contributed by atoms with E-state index in [0.29, 0.717) is 39.4 Å². The van der Waals surface area contributed by atoms with Crippen molar-refractivity contribution in [2.45, 2.75) is 38.6 Å². The van der Waals surface area contributed by atoms with Crippen LogP contribution in [0, 0.1) is 12.8 Å². The van der Waals surface area contributed by atoms with Crippen LogP contribution in [0.1, 0.15) is 42.0 Å². The van der Waals surface area contributed by atoms with Gasteiger partial charge in [-0.15, -0.1) is 0 Å². The molecule has 3 amide bonds. The summed E-state index contributed by atoms with van der Waals surface area (Å²) in [4.78, 5) is 29.1. The molecule has 2 fully saturated rings. The zero-order valence-corrected chi connectivity index (χ0v) is 16.1. The molecule has 1 aliphatic carbocycles. The molecule has 1 N–H and O–H groups in total. The molecule has 4 rings (SSSR count). The maximum absolute atomic E-state index is 12.7. The number of nitrogens with zero attached hydrogens (tertiary/aromatic N) is 2. The zero-order chi connectivity index (χ0) is 18.8. The van der Waals surface area contributed by atoms with Gasteiger partial charge in [-0.2, -0.15) is 0 Å². The van der Waals surface area contributed by atoms with E-state index in [4.69, 9.17) is 4.74 Å². The molecule has 1 aromatic rings. The minimum atomic E-state index is 0.00527. The number of nitrogens with one attached hydrogen (secondary N) is 1. The van der Waals surface area contributed by atoms with E-state index in [0.717, 1.165) is 25.7 Å². The SMILES string of the molecule is Cc1ccc2c(c1)CCC2NC(=O)N1CCC(C(=O)N2CCOCC2)CC1. The normalized spacial score (nSPS) is 23.2. The number of ether oxygens (including phenoxy) is 1. The van der Waals surface area contributed by atoms with Crippen molar-refractivity contribution in [1.82, 2.24) is 15.1 Å². The number of likely N-dealkylation sites (tertiary alicyclic amines) is 1. The third-order valence-corrected chi connectivity index (χ3v) is 6.13. The summed E-state index contributed by atoms with van der Waals surface area (Å²) in [6.07, 6.45) is 3.50. The summed E-state index contributed by atoms with van der Waals surface area (Å²) in [6.45, 7) is 6.07. The molecule has 0 saturated carbocycles. The van der Waals surface area contributed by atoms with Crippen LogP contribution in [-0.4, -0.2) is 61.1 Å². The van der Waals surface area contributed by atoms with Crippen LogP contribution in [-0.2, 0) is 16.0 Å². The lowest BCUT2D eigenvalue weighted by Gasteiger charge is -2.36. The molecule has 2 aliphatic heterocycles. The van der Waals surface area contributed by atoms with Gasteiger partial charge in [-0.05, 0) is 43.7 Å². The average molecular weight is 371 g/mol. The van der Waals surface area contributed by atoms with Crippen LogP contribution in [0.2, 0.25) is 0 Å². The summed E-state index contributed by atoms with van der Waals surface area (Å²) >= 11 is 0. The summed E-state index contributed by atoms with van der Waals surface area (Å²) in [5.74, 6) is 0.279. The van der Waals surface area contributed by atoms with Gasteiger partial charge in [0.05, 0.1) is 19.3 Å². The Hall–Kier alpha value is -2.08. The van der Waals surface area contributed by atoms with Crippen molar-refractivity contribution >= 4 is 11.9 Å². The Bertz CT molecular complexity index is 707. The lowest BCUT2D eigenvalue weighted by Crippen LogP contribution is -2.49. The molecule has 27 heavy (non-hydrogen) atoms. The average Bonchev–Trinajstić information content (AvgIpc) is 3.10. The highest BCUT2D eigenvalue weighted by atomic mass is 16.5. The molecule has 0 bridgehead atoms. The highest BCUT2D eigenvalue weighted by Gasteiger charge is 2.32. The van der Waals surface area contributed by atoms with Gasteiger partial charge in [-0.3, -0.25) is 4.79 Å². The van der Waals surface area contributed by atoms with Crippen LogP contribution in [0.3, 0.4) is 0 Å². The van der Waals surface area contributed by atoms with Crippen molar-refractivity contribution in [1.29, 1.82) is 0 Å². The highest BCUT2D eigenvalue weighted by molar-refractivity contribution is 5.80. The van der Waals surface area contributed by atoms with Crippen molar-refractivity contribution in [3.63, 3.8) is 0 Å². The lowest BCUT2D eigenvalue weighted by molar-refractivity contribution is -0.141. The number of benzene rings is 1. The number of carbonyl (C=O) groups is 2. The van der Waals surface area contributed by atoms with Gasteiger partial charge >= 0.3 is 6.03 Å². The topological polar surface area (TPSA) is 61.9 Å². The lowest BCUT2D eigenvalue weighted by atomic mass is 9.95. The smallest absolute Gasteiger partial charge is 0.317 e. The Morgan fingerprint density at radius 1 is 1.04 bits per heavy atom. The molecule has 2 saturated heterocycles. The van der Waals surface area contributed by atoms with Crippen molar-refractivity contribution in [2.75, 3.05) is 39.4 Å². The van der Waals surface area contributed by atoms with Crippen LogP contribution in [0.5, 0.6) is 0 Å². The Morgan fingerprint density at radius 2 is 1.78 bits per heavy atom. The van der Waals surface area contributed by atoms with E-state index in [1.807, 2.05) is 9.80 Å². The third-order valence-electron chi connectivity index (χ3n) is 6.13. The number of amides is 3. The molecule has 1 unspecified atom stereocenters. The van der Waals surface area contributed by atoms with Crippen molar-refractivity contribution in [3.05, 3.63) is 34.9 Å². The number of hydrogen-bond acceptors (Lipinski definition) is 3. The van der Waals surface area contributed by atoms with Gasteiger partial charge in [-0.1, -0.05) is 23.8 Å². The fraction of sp³-hybridized carbons (Fsp3) is 0.619. The largest absolute Gasteiger partial charge is 0.378 e. The van der Waals surface area contributed by atoms with Gasteiger partial charge in [0.25, 0.3) is 0 Å². The van der Waals surface area contributed by atoms with Crippen LogP contribution >= 0.6 is 0 Å². The Labute approximate surface area is 160 Å². The molecule has 6 nitrogen and oxygen atoms in total. The molecule has 2 heterocycles. The number of urea groups is 1. The molecule has 6 heteroatoms. The molecule has 0 aromatic heterocycles. The second-order valence-corrected chi connectivity index (χ2v) is 7.94. The maximum Gasteiger partial charge on any atom is 0.317 e. The number of fused-ring (bicyclic) bond motifs is 1. The van der Waals surface area contributed by atoms with E-state index in [1.165, 1.54) is 16.7 Å². The molecule has 146 valence electrons. The Kier molecular flexibility index (Phi) is 5.34. The fourth-order valence-corrected chi connectivity index (χ4v) is 4.51. The second kappa shape index (κ2) is 7.89. The first kappa shape index (κ1) is 18.3. The second-order valence-electron chi connectivity index (χ2n) is 7.94. The van der Waals surface area contributed by atoms with Crippen molar-refractivity contribution in [2.24, 2.45) is 5.92 Å². The van der Waals surface area contributed by atoms with E-state index in [9.17, 15) is 9.59 Å². The van der Waals surface area contributed by atoms with E-state index >= 15 is 0 Å². The molecule has 3 aliphatic rings. The molecule has 0 radical (unpaired) electrons. The zero-order valence-electron chi connectivity index (χ0n) is 16.1.